The zero-order valence-electron chi connectivity index (χ0n) is 15.4. The van der Waals surface area contributed by atoms with Crippen LogP contribution in [0.1, 0.15) is 20.7 Å². The molecule has 0 aliphatic carbocycles. The average Bonchev–Trinajstić information content (AvgIpc) is 2.68. The first-order valence-electron chi connectivity index (χ1n) is 8.89. The number of thiocarbonyl (C=S) groups is 1. The van der Waals surface area contributed by atoms with E-state index >= 15 is 0 Å². The van der Waals surface area contributed by atoms with Gasteiger partial charge in [0.2, 0.25) is 0 Å². The SMILES string of the molecule is CN1CCN(C(=O)c2ccccc2NC(=S)NC(=O)c2ccccc2Br)CC1. The summed E-state index contributed by atoms with van der Waals surface area (Å²) < 4.78 is 0.681. The minimum Gasteiger partial charge on any atom is -0.336 e. The fourth-order valence-corrected chi connectivity index (χ4v) is 3.60. The van der Waals surface area contributed by atoms with Crippen molar-refractivity contribution < 1.29 is 9.59 Å². The molecule has 2 N–H and O–H groups in total. The third-order valence-electron chi connectivity index (χ3n) is 4.54. The summed E-state index contributed by atoms with van der Waals surface area (Å²) in [6.07, 6.45) is 0. The second-order valence-corrected chi connectivity index (χ2v) is 7.79. The molecule has 1 aliphatic heterocycles. The summed E-state index contributed by atoms with van der Waals surface area (Å²) in [5, 5.41) is 5.78. The maximum Gasteiger partial charge on any atom is 0.258 e. The van der Waals surface area contributed by atoms with E-state index in [9.17, 15) is 9.59 Å². The molecular formula is C20H21BrN4O2S. The van der Waals surface area contributed by atoms with E-state index in [-0.39, 0.29) is 16.9 Å². The number of hydrogen-bond donors (Lipinski definition) is 2. The predicted molar refractivity (Wildman–Crippen MR) is 118 cm³/mol. The summed E-state index contributed by atoms with van der Waals surface area (Å²) in [4.78, 5) is 29.4. The first-order chi connectivity index (χ1) is 13.5. The van der Waals surface area contributed by atoms with E-state index in [1.54, 1.807) is 30.3 Å². The van der Waals surface area contributed by atoms with Crippen molar-refractivity contribution in [3.63, 3.8) is 0 Å². The molecule has 0 unspecified atom stereocenters. The second-order valence-electron chi connectivity index (χ2n) is 6.53. The molecule has 1 fully saturated rings. The van der Waals surface area contributed by atoms with Crippen molar-refractivity contribution in [2.75, 3.05) is 38.5 Å². The van der Waals surface area contributed by atoms with Crippen molar-refractivity contribution >= 4 is 50.8 Å². The van der Waals surface area contributed by atoms with Gasteiger partial charge in [-0.05, 0) is 59.5 Å². The number of piperazine rings is 1. The first kappa shape index (κ1) is 20.4. The zero-order valence-corrected chi connectivity index (χ0v) is 17.8. The highest BCUT2D eigenvalue weighted by molar-refractivity contribution is 9.10. The van der Waals surface area contributed by atoms with Crippen molar-refractivity contribution in [1.82, 2.24) is 15.1 Å². The maximum absolute atomic E-state index is 12.9. The summed E-state index contributed by atoms with van der Waals surface area (Å²) in [6, 6.07) is 14.3. The van der Waals surface area contributed by atoms with E-state index in [0.717, 1.165) is 13.1 Å². The summed E-state index contributed by atoms with van der Waals surface area (Å²) in [6.45, 7) is 3.07. The molecule has 1 aliphatic rings. The number of anilines is 1. The lowest BCUT2D eigenvalue weighted by molar-refractivity contribution is 0.0665. The van der Waals surface area contributed by atoms with Gasteiger partial charge in [-0.15, -0.1) is 0 Å². The molecular weight excluding hydrogens is 440 g/mol. The standard InChI is InChI=1S/C20H21BrN4O2S/c1-24-10-12-25(13-11-24)19(27)15-7-3-5-9-17(15)22-20(28)23-18(26)14-6-2-4-8-16(14)21/h2-9H,10-13H2,1H3,(H2,22,23,26,28). The van der Waals surface area contributed by atoms with Gasteiger partial charge in [0, 0.05) is 30.7 Å². The Bertz CT molecular complexity index is 897. The van der Waals surface area contributed by atoms with Crippen molar-refractivity contribution in [2.45, 2.75) is 0 Å². The van der Waals surface area contributed by atoms with Crippen LogP contribution in [0.5, 0.6) is 0 Å². The van der Waals surface area contributed by atoms with Gasteiger partial charge >= 0.3 is 0 Å². The van der Waals surface area contributed by atoms with E-state index < -0.39 is 0 Å². The fraction of sp³-hybridized carbons (Fsp3) is 0.250. The van der Waals surface area contributed by atoms with Crippen LogP contribution in [0, 0.1) is 0 Å². The molecule has 0 atom stereocenters. The lowest BCUT2D eigenvalue weighted by Gasteiger charge is -2.32. The van der Waals surface area contributed by atoms with E-state index in [4.69, 9.17) is 12.2 Å². The Morgan fingerprint density at radius 2 is 1.57 bits per heavy atom. The molecule has 0 radical (unpaired) electrons. The molecule has 0 aromatic heterocycles. The molecule has 2 aromatic carbocycles. The number of nitrogens with zero attached hydrogens (tertiary/aromatic N) is 2. The molecule has 1 saturated heterocycles. The number of likely N-dealkylation sites (N-methyl/N-ethyl adjacent to an activating group) is 1. The summed E-state index contributed by atoms with van der Waals surface area (Å²) in [5.41, 5.74) is 1.59. The molecule has 0 saturated carbocycles. The molecule has 6 nitrogen and oxygen atoms in total. The van der Waals surface area contributed by atoms with Gasteiger partial charge < -0.3 is 15.1 Å². The molecule has 28 heavy (non-hydrogen) atoms. The van der Waals surface area contributed by atoms with Gasteiger partial charge in [0.25, 0.3) is 11.8 Å². The topological polar surface area (TPSA) is 64.7 Å². The van der Waals surface area contributed by atoms with Gasteiger partial charge in [0.05, 0.1) is 16.8 Å². The Hall–Kier alpha value is -2.29. The van der Waals surface area contributed by atoms with E-state index in [1.165, 1.54) is 0 Å². The van der Waals surface area contributed by atoms with E-state index in [1.807, 2.05) is 30.1 Å². The molecule has 0 spiro atoms. The Morgan fingerprint density at radius 3 is 2.25 bits per heavy atom. The molecule has 2 aromatic rings. The number of carbonyl (C=O) groups excluding carboxylic acids is 2. The number of hydrogen-bond acceptors (Lipinski definition) is 4. The Morgan fingerprint density at radius 1 is 0.964 bits per heavy atom. The van der Waals surface area contributed by atoms with Gasteiger partial charge in [-0.1, -0.05) is 24.3 Å². The van der Waals surface area contributed by atoms with Crippen LogP contribution in [0.2, 0.25) is 0 Å². The summed E-state index contributed by atoms with van der Waals surface area (Å²) >= 11 is 8.64. The van der Waals surface area contributed by atoms with Crippen LogP contribution in [-0.2, 0) is 0 Å². The Balaban J connectivity index is 1.69. The zero-order chi connectivity index (χ0) is 20.1. The van der Waals surface area contributed by atoms with Gasteiger partial charge in [-0.25, -0.2) is 0 Å². The van der Waals surface area contributed by atoms with Crippen LogP contribution in [0.3, 0.4) is 0 Å². The number of rotatable bonds is 3. The number of nitrogens with one attached hydrogen (secondary N) is 2. The molecule has 1 heterocycles. The monoisotopic (exact) mass is 460 g/mol. The predicted octanol–water partition coefficient (Wildman–Crippen LogP) is 2.96. The molecule has 146 valence electrons. The van der Waals surface area contributed by atoms with Crippen LogP contribution >= 0.6 is 28.1 Å². The Labute approximate surface area is 178 Å². The van der Waals surface area contributed by atoms with Gasteiger partial charge in [0.1, 0.15) is 0 Å². The van der Waals surface area contributed by atoms with Crippen molar-refractivity contribution in [3.05, 3.63) is 64.1 Å². The average molecular weight is 461 g/mol. The molecule has 8 heteroatoms. The number of halogens is 1. The second kappa shape index (κ2) is 9.27. The van der Waals surface area contributed by atoms with Crippen LogP contribution in [0.4, 0.5) is 5.69 Å². The summed E-state index contributed by atoms with van der Waals surface area (Å²) in [7, 11) is 2.05. The van der Waals surface area contributed by atoms with Gasteiger partial charge in [-0.2, -0.15) is 0 Å². The van der Waals surface area contributed by atoms with E-state index in [2.05, 4.69) is 31.5 Å². The lowest BCUT2D eigenvalue weighted by atomic mass is 10.1. The minimum atomic E-state index is -0.326. The number of amides is 2. The summed E-state index contributed by atoms with van der Waals surface area (Å²) in [5.74, 6) is -0.371. The highest BCUT2D eigenvalue weighted by atomic mass is 79.9. The first-order valence-corrected chi connectivity index (χ1v) is 10.1. The molecule has 2 amide bonds. The van der Waals surface area contributed by atoms with Gasteiger partial charge in [-0.3, -0.25) is 14.9 Å². The Kier molecular flexibility index (Phi) is 6.77. The third kappa shape index (κ3) is 4.95. The minimum absolute atomic E-state index is 0.0452. The quantitative estimate of drug-likeness (QED) is 0.689. The number of para-hydroxylation sites is 1. The number of carbonyl (C=O) groups is 2. The normalized spacial score (nSPS) is 14.4. The van der Waals surface area contributed by atoms with Crippen LogP contribution < -0.4 is 10.6 Å². The van der Waals surface area contributed by atoms with Crippen LogP contribution in [0.25, 0.3) is 0 Å². The third-order valence-corrected chi connectivity index (χ3v) is 5.44. The maximum atomic E-state index is 12.9. The largest absolute Gasteiger partial charge is 0.336 e. The van der Waals surface area contributed by atoms with Crippen molar-refractivity contribution in [3.8, 4) is 0 Å². The highest BCUT2D eigenvalue weighted by Crippen LogP contribution is 2.19. The van der Waals surface area contributed by atoms with E-state index in [0.29, 0.717) is 34.4 Å². The number of benzene rings is 2. The van der Waals surface area contributed by atoms with Crippen LogP contribution in [0.15, 0.2) is 53.0 Å². The smallest absolute Gasteiger partial charge is 0.258 e. The fourth-order valence-electron chi connectivity index (χ4n) is 2.93. The van der Waals surface area contributed by atoms with Gasteiger partial charge in [0.15, 0.2) is 5.11 Å². The van der Waals surface area contributed by atoms with Crippen molar-refractivity contribution in [1.29, 1.82) is 0 Å². The highest BCUT2D eigenvalue weighted by Gasteiger charge is 2.22. The molecule has 3 rings (SSSR count). The van der Waals surface area contributed by atoms with Crippen LogP contribution in [-0.4, -0.2) is 60.0 Å². The van der Waals surface area contributed by atoms with Crippen molar-refractivity contribution in [2.24, 2.45) is 0 Å². The molecule has 0 bridgehead atoms. The lowest BCUT2D eigenvalue weighted by Crippen LogP contribution is -2.47.